The first kappa shape index (κ1) is 23.5. The first-order chi connectivity index (χ1) is 16.5. The number of amides is 2. The molecule has 0 atom stereocenters. The first-order valence-electron chi connectivity index (χ1n) is 11.0. The summed E-state index contributed by atoms with van der Waals surface area (Å²) in [7, 11) is 0. The molecule has 4 aromatic rings. The lowest BCUT2D eigenvalue weighted by atomic mass is 10.0. The number of fused-ring (bicyclic) bond motifs is 1. The van der Waals surface area contributed by atoms with Crippen molar-refractivity contribution in [3.8, 4) is 5.69 Å². The van der Waals surface area contributed by atoms with Gasteiger partial charge in [-0.15, -0.1) is 10.2 Å². The zero-order valence-corrected chi connectivity index (χ0v) is 20.2. The summed E-state index contributed by atoms with van der Waals surface area (Å²) in [6.07, 6.45) is -0.169. The number of nitrogens with zero attached hydrogens (tertiary/aromatic N) is 3. The largest absolute Gasteiger partial charge is 0.450 e. The van der Waals surface area contributed by atoms with E-state index in [4.69, 9.17) is 4.74 Å². The maximum absolute atomic E-state index is 12.2. The van der Waals surface area contributed by atoms with E-state index < -0.39 is 12.0 Å². The number of carbonyl (C=O) groups is 2. The molecule has 4 rings (SSSR count). The number of ether oxygens (including phenoxy) is 1. The molecule has 7 nitrogen and oxygen atoms in total. The number of carbonyl (C=O) groups excluding carboxylic acids is 2. The van der Waals surface area contributed by atoms with Crippen LogP contribution in [0, 0.1) is 13.8 Å². The highest BCUT2D eigenvalue weighted by Gasteiger charge is 2.19. The van der Waals surface area contributed by atoms with Crippen molar-refractivity contribution < 1.29 is 14.3 Å². The van der Waals surface area contributed by atoms with Crippen molar-refractivity contribution in [2.24, 2.45) is 0 Å². The predicted octanol–water partition coefficient (Wildman–Crippen LogP) is 4.99. The smallest absolute Gasteiger partial charge is 0.413 e. The van der Waals surface area contributed by atoms with Gasteiger partial charge in [0.1, 0.15) is 5.82 Å². The number of thioether (sulfide) groups is 1. The molecule has 2 amide bonds. The Balaban J connectivity index is 1.67. The number of hydrogen-bond acceptors (Lipinski definition) is 6. The second-order valence-corrected chi connectivity index (χ2v) is 8.84. The van der Waals surface area contributed by atoms with Crippen LogP contribution in [0.2, 0.25) is 0 Å². The Kier molecular flexibility index (Phi) is 7.27. The Morgan fingerprint density at radius 2 is 1.82 bits per heavy atom. The molecule has 1 heterocycles. The third-order valence-corrected chi connectivity index (χ3v) is 6.30. The van der Waals surface area contributed by atoms with Crippen LogP contribution in [0.15, 0.2) is 65.8 Å². The first-order valence-corrected chi connectivity index (χ1v) is 12.0. The van der Waals surface area contributed by atoms with Gasteiger partial charge in [-0.05, 0) is 48.7 Å². The number of aromatic nitrogens is 3. The Morgan fingerprint density at radius 3 is 2.62 bits per heavy atom. The van der Waals surface area contributed by atoms with Gasteiger partial charge in [0.15, 0.2) is 5.16 Å². The van der Waals surface area contributed by atoms with Crippen molar-refractivity contribution in [1.82, 2.24) is 20.1 Å². The molecule has 0 unspecified atom stereocenters. The van der Waals surface area contributed by atoms with E-state index in [1.54, 1.807) is 6.92 Å². The van der Waals surface area contributed by atoms with Crippen molar-refractivity contribution >= 4 is 34.5 Å². The summed E-state index contributed by atoms with van der Waals surface area (Å²) in [5, 5.41) is 14.0. The molecule has 8 heteroatoms. The van der Waals surface area contributed by atoms with Crippen LogP contribution in [-0.4, -0.2) is 39.1 Å². The molecular weight excluding hydrogens is 448 g/mol. The molecule has 0 saturated carbocycles. The van der Waals surface area contributed by atoms with E-state index in [0.29, 0.717) is 11.6 Å². The Bertz CT molecular complexity index is 1340. The highest BCUT2D eigenvalue weighted by atomic mass is 32.2. The maximum Gasteiger partial charge on any atom is 0.413 e. The lowest BCUT2D eigenvalue weighted by Crippen LogP contribution is -2.32. The maximum atomic E-state index is 12.2. The van der Waals surface area contributed by atoms with Gasteiger partial charge in [-0.25, -0.2) is 4.79 Å². The summed E-state index contributed by atoms with van der Waals surface area (Å²) in [6.45, 7) is 5.98. The van der Waals surface area contributed by atoms with Gasteiger partial charge in [0.05, 0.1) is 18.0 Å². The third kappa shape index (κ3) is 5.28. The topological polar surface area (TPSA) is 86.1 Å². The van der Waals surface area contributed by atoms with E-state index in [-0.39, 0.29) is 12.4 Å². The molecule has 0 spiro atoms. The van der Waals surface area contributed by atoms with Gasteiger partial charge in [-0.2, -0.15) is 0 Å². The van der Waals surface area contributed by atoms with Gasteiger partial charge in [0.25, 0.3) is 0 Å². The van der Waals surface area contributed by atoms with Crippen molar-refractivity contribution in [1.29, 1.82) is 0 Å². The average molecular weight is 475 g/mol. The number of imide groups is 1. The summed E-state index contributed by atoms with van der Waals surface area (Å²) in [5.41, 5.74) is 4.34. The average Bonchev–Trinajstić information content (AvgIpc) is 3.20. The molecule has 0 saturated heterocycles. The van der Waals surface area contributed by atoms with Gasteiger partial charge in [-0.1, -0.05) is 71.9 Å². The monoisotopic (exact) mass is 474 g/mol. The van der Waals surface area contributed by atoms with Crippen LogP contribution in [-0.2, 0) is 16.0 Å². The number of benzene rings is 3. The second-order valence-electron chi connectivity index (χ2n) is 7.90. The molecule has 34 heavy (non-hydrogen) atoms. The summed E-state index contributed by atoms with van der Waals surface area (Å²) in [6, 6.07) is 20.7. The van der Waals surface area contributed by atoms with Crippen LogP contribution in [0.3, 0.4) is 0 Å². The van der Waals surface area contributed by atoms with Crippen LogP contribution < -0.4 is 5.32 Å². The Hall–Kier alpha value is -3.65. The summed E-state index contributed by atoms with van der Waals surface area (Å²) in [4.78, 5) is 23.8. The van der Waals surface area contributed by atoms with E-state index in [1.807, 2.05) is 41.8 Å². The molecule has 0 bridgehead atoms. The second kappa shape index (κ2) is 10.5. The van der Waals surface area contributed by atoms with Crippen molar-refractivity contribution in [2.75, 3.05) is 12.4 Å². The van der Waals surface area contributed by atoms with Crippen molar-refractivity contribution in [3.05, 3.63) is 83.2 Å². The fourth-order valence-corrected chi connectivity index (χ4v) is 4.63. The van der Waals surface area contributed by atoms with Gasteiger partial charge in [-0.3, -0.25) is 14.7 Å². The lowest BCUT2D eigenvalue weighted by molar-refractivity contribution is -0.117. The van der Waals surface area contributed by atoms with E-state index >= 15 is 0 Å². The Labute approximate surface area is 202 Å². The molecule has 0 fully saturated rings. The minimum Gasteiger partial charge on any atom is -0.450 e. The molecule has 0 aliphatic carbocycles. The van der Waals surface area contributed by atoms with Crippen LogP contribution in [0.5, 0.6) is 0 Å². The number of hydrogen-bond donors (Lipinski definition) is 1. The number of rotatable bonds is 7. The molecule has 0 aliphatic heterocycles. The van der Waals surface area contributed by atoms with E-state index in [0.717, 1.165) is 28.2 Å². The molecule has 0 radical (unpaired) electrons. The normalized spacial score (nSPS) is 10.9. The fourth-order valence-electron chi connectivity index (χ4n) is 3.87. The molecule has 1 aromatic heterocycles. The number of aryl methyl sites for hydroxylation is 2. The zero-order chi connectivity index (χ0) is 24.1. The Morgan fingerprint density at radius 1 is 1.03 bits per heavy atom. The third-order valence-electron chi connectivity index (χ3n) is 5.37. The highest BCUT2D eigenvalue weighted by molar-refractivity contribution is 7.99. The van der Waals surface area contributed by atoms with Crippen molar-refractivity contribution in [3.63, 3.8) is 0 Å². The molecular formula is C26H26N4O3S. The fraction of sp³-hybridized carbons (Fsp3) is 0.231. The number of alkyl carbamates (subject to hydrolysis) is 1. The highest BCUT2D eigenvalue weighted by Crippen LogP contribution is 2.28. The van der Waals surface area contributed by atoms with Crippen LogP contribution >= 0.6 is 11.8 Å². The van der Waals surface area contributed by atoms with Gasteiger partial charge in [0.2, 0.25) is 5.91 Å². The van der Waals surface area contributed by atoms with Crippen LogP contribution in [0.4, 0.5) is 4.79 Å². The SMILES string of the molecule is CCOC(=O)NC(=O)CSc1nnc(Cc2cccc3ccccc23)n1-c1ccc(C)cc1C. The molecule has 174 valence electrons. The van der Waals surface area contributed by atoms with Gasteiger partial charge < -0.3 is 4.74 Å². The predicted molar refractivity (Wildman–Crippen MR) is 133 cm³/mol. The minimum absolute atomic E-state index is 0.0100. The lowest BCUT2D eigenvalue weighted by Gasteiger charge is -2.14. The van der Waals surface area contributed by atoms with Gasteiger partial charge in [0, 0.05) is 6.42 Å². The standard InChI is InChI=1S/C26H26N4O3S/c1-4-33-26(32)27-24(31)16-34-25-29-28-23(30(25)22-13-12-17(2)14-18(22)3)15-20-10-7-9-19-8-5-6-11-21(19)20/h5-14H,4,15-16H2,1-3H3,(H,27,31,32). The quantitative estimate of drug-likeness (QED) is 0.380. The summed E-state index contributed by atoms with van der Waals surface area (Å²) in [5.74, 6) is 0.335. The minimum atomic E-state index is -0.749. The van der Waals surface area contributed by atoms with E-state index in [1.165, 1.54) is 22.5 Å². The zero-order valence-electron chi connectivity index (χ0n) is 19.4. The summed E-state index contributed by atoms with van der Waals surface area (Å²) >= 11 is 1.23. The molecule has 3 aromatic carbocycles. The van der Waals surface area contributed by atoms with Crippen LogP contribution in [0.1, 0.15) is 29.4 Å². The number of nitrogens with one attached hydrogen (secondary N) is 1. The van der Waals surface area contributed by atoms with E-state index in [2.05, 4.69) is 52.8 Å². The molecule has 1 N–H and O–H groups in total. The summed E-state index contributed by atoms with van der Waals surface area (Å²) < 4.78 is 6.78. The van der Waals surface area contributed by atoms with Gasteiger partial charge >= 0.3 is 6.09 Å². The van der Waals surface area contributed by atoms with E-state index in [9.17, 15) is 9.59 Å². The molecule has 0 aliphatic rings. The van der Waals surface area contributed by atoms with Crippen LogP contribution in [0.25, 0.3) is 16.5 Å². The van der Waals surface area contributed by atoms with Crippen molar-refractivity contribution in [2.45, 2.75) is 32.3 Å².